The minimum absolute atomic E-state index is 0.157. The third kappa shape index (κ3) is 3.90. The molecule has 6 N–H and O–H groups in total. The largest absolute Gasteiger partial charge is 0.396 e. The van der Waals surface area contributed by atoms with Crippen LogP contribution in [0.4, 0.5) is 26.2 Å². The van der Waals surface area contributed by atoms with Crippen molar-refractivity contribution in [2.75, 3.05) is 17.2 Å². The highest BCUT2D eigenvalue weighted by atomic mass is 19.2. The summed E-state index contributed by atoms with van der Waals surface area (Å²) in [6.07, 6.45) is 1.51. The highest BCUT2D eigenvalue weighted by Gasteiger charge is 2.01. The van der Waals surface area contributed by atoms with Crippen molar-refractivity contribution in [2.24, 2.45) is 0 Å². The number of benzene rings is 1. The second-order valence-corrected chi connectivity index (χ2v) is 2.98. The summed E-state index contributed by atoms with van der Waals surface area (Å²) in [5.74, 6) is -1.27. The van der Waals surface area contributed by atoms with E-state index in [-0.39, 0.29) is 11.6 Å². The second-order valence-electron chi connectivity index (χ2n) is 2.98. The molecule has 0 aliphatic carbocycles. The molecular weight excluding hydrogens is 228 g/mol. The van der Waals surface area contributed by atoms with E-state index in [1.807, 2.05) is 0 Å². The Labute approximate surface area is 96.3 Å². The molecule has 1 aromatic carbocycles. The summed E-state index contributed by atoms with van der Waals surface area (Å²) in [5.41, 5.74) is 15.2. The SMILES string of the molecule is Nc1cccc(F)c1F.Nc1ccnc(N)n1. The Morgan fingerprint density at radius 1 is 1.00 bits per heavy atom. The molecule has 7 heteroatoms. The van der Waals surface area contributed by atoms with Crippen molar-refractivity contribution in [3.05, 3.63) is 42.1 Å². The lowest BCUT2D eigenvalue weighted by Crippen LogP contribution is -1.96. The van der Waals surface area contributed by atoms with Gasteiger partial charge < -0.3 is 17.2 Å². The molecule has 0 unspecified atom stereocenters. The zero-order valence-corrected chi connectivity index (χ0v) is 8.77. The van der Waals surface area contributed by atoms with Crippen LogP contribution in [0.2, 0.25) is 0 Å². The van der Waals surface area contributed by atoms with Crippen LogP contribution in [0.3, 0.4) is 0 Å². The Bertz CT molecular complexity index is 466. The first kappa shape index (κ1) is 12.6. The molecule has 90 valence electrons. The molecule has 0 radical (unpaired) electrons. The van der Waals surface area contributed by atoms with Gasteiger partial charge in [0.05, 0.1) is 5.69 Å². The van der Waals surface area contributed by atoms with E-state index in [0.29, 0.717) is 5.82 Å². The predicted molar refractivity (Wildman–Crippen MR) is 61.6 cm³/mol. The molecule has 0 amide bonds. The number of rotatable bonds is 0. The lowest BCUT2D eigenvalue weighted by Gasteiger charge is -1.93. The zero-order valence-electron chi connectivity index (χ0n) is 8.77. The topological polar surface area (TPSA) is 104 Å². The Balaban J connectivity index is 0.000000171. The second kappa shape index (κ2) is 5.59. The van der Waals surface area contributed by atoms with Gasteiger partial charge in [0.25, 0.3) is 0 Å². The molecule has 0 spiro atoms. The summed E-state index contributed by atoms with van der Waals surface area (Å²) in [4.78, 5) is 7.24. The van der Waals surface area contributed by atoms with Crippen LogP contribution < -0.4 is 17.2 Å². The Kier molecular flexibility index (Phi) is 4.15. The van der Waals surface area contributed by atoms with Crippen molar-refractivity contribution in [1.82, 2.24) is 9.97 Å². The maximum Gasteiger partial charge on any atom is 0.221 e. The van der Waals surface area contributed by atoms with Crippen LogP contribution in [-0.4, -0.2) is 9.97 Å². The molecule has 0 aliphatic rings. The normalized spacial score (nSPS) is 9.29. The maximum atomic E-state index is 12.2. The number of halogens is 2. The van der Waals surface area contributed by atoms with Gasteiger partial charge in [-0.2, -0.15) is 4.98 Å². The van der Waals surface area contributed by atoms with E-state index in [1.165, 1.54) is 18.3 Å². The van der Waals surface area contributed by atoms with Crippen molar-refractivity contribution < 1.29 is 8.78 Å². The van der Waals surface area contributed by atoms with Crippen molar-refractivity contribution in [3.8, 4) is 0 Å². The van der Waals surface area contributed by atoms with E-state index in [4.69, 9.17) is 17.2 Å². The molecule has 1 aromatic heterocycles. The average Bonchev–Trinajstić information content (AvgIpc) is 2.26. The van der Waals surface area contributed by atoms with E-state index < -0.39 is 11.6 Å². The Hall–Kier alpha value is -2.44. The summed E-state index contributed by atoms with van der Waals surface area (Å²) in [5, 5.41) is 0. The van der Waals surface area contributed by atoms with Gasteiger partial charge in [0.15, 0.2) is 11.6 Å². The number of hydrogen-bond acceptors (Lipinski definition) is 5. The fraction of sp³-hybridized carbons (Fsp3) is 0. The molecule has 0 aliphatic heterocycles. The van der Waals surface area contributed by atoms with Crippen molar-refractivity contribution >= 4 is 17.5 Å². The average molecular weight is 239 g/mol. The quantitative estimate of drug-likeness (QED) is 0.599. The molecule has 2 rings (SSSR count). The summed E-state index contributed by atoms with van der Waals surface area (Å²) in [6, 6.07) is 5.26. The number of nitrogens with zero attached hydrogens (tertiary/aromatic N) is 2. The molecule has 5 nitrogen and oxygen atoms in total. The van der Waals surface area contributed by atoms with Crippen LogP contribution in [0.15, 0.2) is 30.5 Å². The van der Waals surface area contributed by atoms with E-state index in [9.17, 15) is 8.78 Å². The summed E-state index contributed by atoms with van der Waals surface area (Å²) in [6.45, 7) is 0. The first-order chi connectivity index (χ1) is 8.00. The van der Waals surface area contributed by atoms with Gasteiger partial charge in [0, 0.05) is 6.20 Å². The summed E-state index contributed by atoms with van der Waals surface area (Å²) >= 11 is 0. The molecule has 2 aromatic rings. The fourth-order valence-corrected chi connectivity index (χ4v) is 0.909. The smallest absolute Gasteiger partial charge is 0.221 e. The number of anilines is 3. The highest BCUT2D eigenvalue weighted by Crippen LogP contribution is 2.11. The number of hydrogen-bond donors (Lipinski definition) is 3. The number of nitrogen functional groups attached to an aromatic ring is 3. The van der Waals surface area contributed by atoms with Crippen LogP contribution >= 0.6 is 0 Å². The third-order valence-corrected chi connectivity index (χ3v) is 1.68. The van der Waals surface area contributed by atoms with Gasteiger partial charge in [-0.25, -0.2) is 13.8 Å². The van der Waals surface area contributed by atoms with Crippen molar-refractivity contribution in [1.29, 1.82) is 0 Å². The van der Waals surface area contributed by atoms with E-state index >= 15 is 0 Å². The van der Waals surface area contributed by atoms with Gasteiger partial charge in [0.2, 0.25) is 5.95 Å². The molecule has 17 heavy (non-hydrogen) atoms. The Morgan fingerprint density at radius 3 is 2.12 bits per heavy atom. The third-order valence-electron chi connectivity index (χ3n) is 1.68. The molecule has 1 heterocycles. The first-order valence-corrected chi connectivity index (χ1v) is 4.54. The van der Waals surface area contributed by atoms with Crippen LogP contribution in [0.1, 0.15) is 0 Å². The predicted octanol–water partition coefficient (Wildman–Crippen LogP) is 1.19. The van der Waals surface area contributed by atoms with Crippen molar-refractivity contribution in [2.45, 2.75) is 0 Å². The lowest BCUT2D eigenvalue weighted by atomic mass is 10.3. The molecule has 0 saturated heterocycles. The highest BCUT2D eigenvalue weighted by molar-refractivity contribution is 5.39. The molecule has 0 atom stereocenters. The summed E-state index contributed by atoms with van der Waals surface area (Å²) < 4.78 is 24.4. The van der Waals surface area contributed by atoms with Gasteiger partial charge in [-0.05, 0) is 18.2 Å². The van der Waals surface area contributed by atoms with Gasteiger partial charge in [-0.1, -0.05) is 6.07 Å². The molecule has 0 saturated carbocycles. The lowest BCUT2D eigenvalue weighted by molar-refractivity contribution is 0.512. The van der Waals surface area contributed by atoms with E-state index in [0.717, 1.165) is 6.07 Å². The number of aromatic nitrogens is 2. The minimum Gasteiger partial charge on any atom is -0.396 e. The van der Waals surface area contributed by atoms with Crippen LogP contribution in [-0.2, 0) is 0 Å². The van der Waals surface area contributed by atoms with Crippen molar-refractivity contribution in [3.63, 3.8) is 0 Å². The van der Waals surface area contributed by atoms with E-state index in [1.54, 1.807) is 6.07 Å². The van der Waals surface area contributed by atoms with Gasteiger partial charge in [-0.15, -0.1) is 0 Å². The minimum atomic E-state index is -0.975. The standard InChI is InChI=1S/C6H5F2N.C4H6N4/c7-4-2-1-3-5(9)6(4)8;5-3-1-2-7-4(6)8-3/h1-3H,9H2;1-2H,(H4,5,6,7,8). The maximum absolute atomic E-state index is 12.2. The molecule has 0 bridgehead atoms. The van der Waals surface area contributed by atoms with Crippen LogP contribution in [0.5, 0.6) is 0 Å². The molecular formula is C10H11F2N5. The molecule has 0 fully saturated rings. The first-order valence-electron chi connectivity index (χ1n) is 4.54. The van der Waals surface area contributed by atoms with E-state index in [2.05, 4.69) is 9.97 Å². The monoisotopic (exact) mass is 239 g/mol. The van der Waals surface area contributed by atoms with Crippen LogP contribution in [0, 0.1) is 11.6 Å². The fourth-order valence-electron chi connectivity index (χ4n) is 0.909. The zero-order chi connectivity index (χ0) is 12.8. The van der Waals surface area contributed by atoms with Gasteiger partial charge >= 0.3 is 0 Å². The van der Waals surface area contributed by atoms with Gasteiger partial charge in [-0.3, -0.25) is 0 Å². The van der Waals surface area contributed by atoms with Gasteiger partial charge in [0.1, 0.15) is 5.82 Å². The Morgan fingerprint density at radius 2 is 1.71 bits per heavy atom. The summed E-state index contributed by atoms with van der Waals surface area (Å²) in [7, 11) is 0. The number of nitrogens with two attached hydrogens (primary N) is 3. The van der Waals surface area contributed by atoms with Crippen LogP contribution in [0.25, 0.3) is 0 Å².